The maximum absolute atomic E-state index is 5.41. The molecule has 0 atom stereocenters. The van der Waals surface area contributed by atoms with E-state index < -0.39 is 0 Å². The Labute approximate surface area is 68.9 Å². The molecule has 0 spiro atoms. The second kappa shape index (κ2) is 2.62. The lowest BCUT2D eigenvalue weighted by Gasteiger charge is -2.15. The normalized spacial score (nSPS) is 14.6. The van der Waals surface area contributed by atoms with Crippen LogP contribution >= 0.6 is 11.3 Å². The lowest BCUT2D eigenvalue weighted by molar-refractivity contribution is 0.174. The minimum atomic E-state index is 0.651. The fraction of sp³-hybridized carbons (Fsp3) is 0.429. The zero-order chi connectivity index (χ0) is 7.68. The van der Waals surface area contributed by atoms with Crippen molar-refractivity contribution in [2.24, 2.45) is 0 Å². The quantitative estimate of drug-likeness (QED) is 0.695. The largest absolute Gasteiger partial charge is 0.485 e. The minimum Gasteiger partial charge on any atom is -0.485 e. The van der Waals surface area contributed by atoms with E-state index in [1.807, 2.05) is 12.4 Å². The molecule has 0 fully saturated rings. The molecule has 1 aliphatic rings. The van der Waals surface area contributed by atoms with E-state index in [0.717, 1.165) is 16.5 Å². The predicted molar refractivity (Wildman–Crippen MR) is 44.9 cm³/mol. The highest BCUT2D eigenvalue weighted by Crippen LogP contribution is 2.42. The van der Waals surface area contributed by atoms with E-state index in [-0.39, 0.29) is 0 Å². The maximum atomic E-state index is 5.41. The Hall–Kier alpha value is -0.900. The van der Waals surface area contributed by atoms with Crippen molar-refractivity contribution >= 4 is 16.3 Å². The van der Waals surface area contributed by atoms with Crippen LogP contribution in [0.1, 0.15) is 0 Å². The summed E-state index contributed by atoms with van der Waals surface area (Å²) in [6.45, 7) is 1.31. The lowest BCUT2D eigenvalue weighted by atomic mass is 10.4. The minimum absolute atomic E-state index is 0.651. The molecular weight excluding hydrogens is 162 g/mol. The van der Waals surface area contributed by atoms with Crippen LogP contribution < -0.4 is 14.8 Å². The van der Waals surface area contributed by atoms with E-state index in [4.69, 9.17) is 9.47 Å². The molecule has 1 aromatic rings. The Bertz CT molecular complexity index is 245. The molecule has 4 heteroatoms. The van der Waals surface area contributed by atoms with E-state index in [2.05, 4.69) is 5.32 Å². The van der Waals surface area contributed by atoms with Crippen molar-refractivity contribution in [2.45, 2.75) is 0 Å². The van der Waals surface area contributed by atoms with Crippen LogP contribution in [0.5, 0.6) is 11.5 Å². The Morgan fingerprint density at radius 1 is 1.45 bits per heavy atom. The van der Waals surface area contributed by atoms with Gasteiger partial charge in [-0.25, -0.2) is 0 Å². The monoisotopic (exact) mass is 171 g/mol. The van der Waals surface area contributed by atoms with Gasteiger partial charge in [-0.05, 0) is 0 Å². The van der Waals surface area contributed by atoms with Crippen LogP contribution in [0.25, 0.3) is 0 Å². The lowest BCUT2D eigenvalue weighted by Crippen LogP contribution is -2.14. The molecule has 0 saturated heterocycles. The summed E-state index contributed by atoms with van der Waals surface area (Å²) in [5, 5.41) is 6.05. The van der Waals surface area contributed by atoms with Crippen LogP contribution in [0.3, 0.4) is 0 Å². The molecule has 2 rings (SSSR count). The van der Waals surface area contributed by atoms with Gasteiger partial charge in [0.05, 0.1) is 0 Å². The first-order chi connectivity index (χ1) is 5.42. The number of nitrogens with one attached hydrogen (secondary N) is 1. The van der Waals surface area contributed by atoms with Crippen LogP contribution in [0.15, 0.2) is 5.38 Å². The molecular formula is C7H9NO2S. The summed E-state index contributed by atoms with van der Waals surface area (Å²) in [6, 6.07) is 0. The first kappa shape index (κ1) is 6.79. The van der Waals surface area contributed by atoms with Gasteiger partial charge in [0.2, 0.25) is 0 Å². The Kier molecular flexibility index (Phi) is 1.62. The average molecular weight is 171 g/mol. The van der Waals surface area contributed by atoms with Crippen molar-refractivity contribution < 1.29 is 9.47 Å². The fourth-order valence-electron chi connectivity index (χ4n) is 1.04. The summed E-state index contributed by atoms with van der Waals surface area (Å²) in [5.41, 5.74) is 0. The summed E-state index contributed by atoms with van der Waals surface area (Å²) in [4.78, 5) is 0. The molecule has 0 bridgehead atoms. The maximum Gasteiger partial charge on any atom is 0.195 e. The zero-order valence-corrected chi connectivity index (χ0v) is 7.03. The molecule has 0 unspecified atom stereocenters. The molecule has 0 amide bonds. The van der Waals surface area contributed by atoms with Crippen LogP contribution in [0.2, 0.25) is 0 Å². The number of hydrogen-bond acceptors (Lipinski definition) is 4. The first-order valence-electron chi connectivity index (χ1n) is 3.46. The number of thiophene rings is 1. The Balaban J connectivity index is 2.38. The number of fused-ring (bicyclic) bond motifs is 1. The third kappa shape index (κ3) is 1.03. The Morgan fingerprint density at radius 2 is 2.27 bits per heavy atom. The van der Waals surface area contributed by atoms with Crippen LogP contribution in [-0.2, 0) is 0 Å². The summed E-state index contributed by atoms with van der Waals surface area (Å²) in [7, 11) is 1.88. The van der Waals surface area contributed by atoms with Crippen LogP contribution in [0.4, 0.5) is 5.00 Å². The fourth-order valence-corrected chi connectivity index (χ4v) is 1.82. The predicted octanol–water partition coefficient (Wildman–Crippen LogP) is 1.56. The first-order valence-corrected chi connectivity index (χ1v) is 4.34. The van der Waals surface area contributed by atoms with E-state index in [9.17, 15) is 0 Å². The molecule has 60 valence electrons. The molecule has 3 nitrogen and oxygen atoms in total. The average Bonchev–Trinajstić information content (AvgIpc) is 2.47. The molecule has 11 heavy (non-hydrogen) atoms. The topological polar surface area (TPSA) is 30.5 Å². The van der Waals surface area contributed by atoms with Crippen molar-refractivity contribution in [2.75, 3.05) is 25.6 Å². The highest BCUT2D eigenvalue weighted by Gasteiger charge is 2.16. The third-order valence-electron chi connectivity index (χ3n) is 1.53. The smallest absolute Gasteiger partial charge is 0.195 e. The summed E-state index contributed by atoms with van der Waals surface area (Å²) < 4.78 is 10.8. The number of rotatable bonds is 1. The van der Waals surface area contributed by atoms with Gasteiger partial charge < -0.3 is 14.8 Å². The van der Waals surface area contributed by atoms with Gasteiger partial charge in [-0.2, -0.15) is 0 Å². The second-order valence-electron chi connectivity index (χ2n) is 2.21. The van der Waals surface area contributed by atoms with Crippen LogP contribution in [-0.4, -0.2) is 20.3 Å². The van der Waals surface area contributed by atoms with Crippen molar-refractivity contribution in [3.05, 3.63) is 5.38 Å². The zero-order valence-electron chi connectivity index (χ0n) is 6.22. The van der Waals surface area contributed by atoms with Gasteiger partial charge in [-0.1, -0.05) is 0 Å². The highest BCUT2D eigenvalue weighted by molar-refractivity contribution is 7.15. The number of hydrogen-bond donors (Lipinski definition) is 1. The summed E-state index contributed by atoms with van der Waals surface area (Å²) >= 11 is 1.60. The second-order valence-corrected chi connectivity index (χ2v) is 3.08. The Morgan fingerprint density at radius 3 is 3.09 bits per heavy atom. The van der Waals surface area contributed by atoms with E-state index >= 15 is 0 Å². The van der Waals surface area contributed by atoms with Crippen molar-refractivity contribution in [1.82, 2.24) is 0 Å². The van der Waals surface area contributed by atoms with E-state index in [0.29, 0.717) is 13.2 Å². The molecule has 2 heterocycles. The van der Waals surface area contributed by atoms with Crippen LogP contribution in [0, 0.1) is 0 Å². The molecule has 0 saturated carbocycles. The standard InChI is InChI=1S/C7H9NO2S/c1-8-7-6-5(4-11-7)9-2-3-10-6/h4,8H,2-3H2,1H3. The number of ether oxygens (including phenoxy) is 2. The van der Waals surface area contributed by atoms with Gasteiger partial charge in [0, 0.05) is 12.4 Å². The van der Waals surface area contributed by atoms with Gasteiger partial charge in [0.15, 0.2) is 11.5 Å². The van der Waals surface area contributed by atoms with Gasteiger partial charge in [0.25, 0.3) is 0 Å². The van der Waals surface area contributed by atoms with Gasteiger partial charge in [-0.15, -0.1) is 11.3 Å². The summed E-state index contributed by atoms with van der Waals surface area (Å²) in [5.74, 6) is 1.73. The highest BCUT2D eigenvalue weighted by atomic mass is 32.1. The molecule has 1 N–H and O–H groups in total. The van der Waals surface area contributed by atoms with Gasteiger partial charge >= 0.3 is 0 Å². The molecule has 0 aromatic carbocycles. The summed E-state index contributed by atoms with van der Waals surface area (Å²) in [6.07, 6.45) is 0. The molecule has 1 aromatic heterocycles. The van der Waals surface area contributed by atoms with E-state index in [1.54, 1.807) is 11.3 Å². The van der Waals surface area contributed by atoms with Crippen molar-refractivity contribution in [3.63, 3.8) is 0 Å². The van der Waals surface area contributed by atoms with E-state index in [1.165, 1.54) is 0 Å². The third-order valence-corrected chi connectivity index (χ3v) is 2.49. The molecule has 0 aliphatic carbocycles. The number of anilines is 1. The molecule has 1 aliphatic heterocycles. The van der Waals surface area contributed by atoms with Crippen molar-refractivity contribution in [1.29, 1.82) is 0 Å². The van der Waals surface area contributed by atoms with Gasteiger partial charge in [0.1, 0.15) is 18.2 Å². The molecule has 0 radical (unpaired) electrons. The van der Waals surface area contributed by atoms with Gasteiger partial charge in [-0.3, -0.25) is 0 Å². The SMILES string of the molecule is CNc1scc2c1OCCO2. The van der Waals surface area contributed by atoms with Crippen molar-refractivity contribution in [3.8, 4) is 11.5 Å².